The zero-order valence-electron chi connectivity index (χ0n) is 13.4. The van der Waals surface area contributed by atoms with E-state index in [-0.39, 0.29) is 11.4 Å². The van der Waals surface area contributed by atoms with Crippen molar-refractivity contribution in [1.82, 2.24) is 5.32 Å². The minimum absolute atomic E-state index is 0.0880. The van der Waals surface area contributed by atoms with Crippen LogP contribution in [0, 0.1) is 24.7 Å². The highest BCUT2D eigenvalue weighted by Crippen LogP contribution is 2.55. The van der Waals surface area contributed by atoms with Crippen LogP contribution in [-0.4, -0.2) is 18.0 Å². The maximum atomic E-state index is 12.3. The number of benzene rings is 1. The van der Waals surface area contributed by atoms with Crippen LogP contribution in [0.1, 0.15) is 44.1 Å². The van der Waals surface area contributed by atoms with Crippen molar-refractivity contribution >= 4 is 11.6 Å². The van der Waals surface area contributed by atoms with Crippen molar-refractivity contribution in [2.75, 3.05) is 11.9 Å². The summed E-state index contributed by atoms with van der Waals surface area (Å²) in [5, 5.41) is 6.70. The van der Waals surface area contributed by atoms with Crippen LogP contribution in [0.3, 0.4) is 0 Å². The monoisotopic (exact) mass is 298 g/mol. The van der Waals surface area contributed by atoms with Gasteiger partial charge in [-0.3, -0.25) is 4.79 Å². The molecule has 0 atom stereocenters. The van der Waals surface area contributed by atoms with Gasteiger partial charge in [0.1, 0.15) is 0 Å². The Hall–Kier alpha value is -1.35. The molecule has 4 aliphatic carbocycles. The van der Waals surface area contributed by atoms with E-state index in [0.717, 1.165) is 29.0 Å². The molecule has 5 rings (SSSR count). The Morgan fingerprint density at radius 1 is 1.09 bits per heavy atom. The summed E-state index contributed by atoms with van der Waals surface area (Å²) in [5.74, 6) is 2.83. The summed E-state index contributed by atoms with van der Waals surface area (Å²) in [6.45, 7) is 2.47. The summed E-state index contributed by atoms with van der Waals surface area (Å²) in [6, 6.07) is 7.97. The molecule has 4 fully saturated rings. The van der Waals surface area contributed by atoms with E-state index in [4.69, 9.17) is 0 Å². The molecule has 0 unspecified atom stereocenters. The van der Waals surface area contributed by atoms with E-state index in [0.29, 0.717) is 6.54 Å². The summed E-state index contributed by atoms with van der Waals surface area (Å²) in [4.78, 5) is 12.3. The van der Waals surface area contributed by atoms with E-state index in [1.54, 1.807) is 0 Å². The molecule has 4 bridgehead atoms. The molecule has 2 N–H and O–H groups in total. The van der Waals surface area contributed by atoms with Crippen molar-refractivity contribution in [3.05, 3.63) is 29.8 Å². The molecule has 0 saturated heterocycles. The van der Waals surface area contributed by atoms with Gasteiger partial charge >= 0.3 is 0 Å². The maximum absolute atomic E-state index is 12.3. The van der Waals surface area contributed by atoms with Gasteiger partial charge in [-0.1, -0.05) is 18.2 Å². The second-order valence-electron chi connectivity index (χ2n) is 7.91. The van der Waals surface area contributed by atoms with E-state index in [1.165, 1.54) is 38.5 Å². The molecular formula is C19H26N2O. The van der Waals surface area contributed by atoms with Crippen molar-refractivity contribution in [3.8, 4) is 0 Å². The smallest absolute Gasteiger partial charge is 0.238 e. The summed E-state index contributed by atoms with van der Waals surface area (Å²) in [5.41, 5.74) is 2.31. The Morgan fingerprint density at radius 3 is 2.27 bits per heavy atom. The van der Waals surface area contributed by atoms with Crippen LogP contribution in [0.2, 0.25) is 0 Å². The number of carbonyl (C=O) groups is 1. The molecule has 3 nitrogen and oxygen atoms in total. The molecule has 22 heavy (non-hydrogen) atoms. The highest BCUT2D eigenvalue weighted by Gasteiger charge is 2.50. The fourth-order valence-corrected chi connectivity index (χ4v) is 5.50. The molecule has 1 amide bonds. The van der Waals surface area contributed by atoms with Crippen LogP contribution in [0.4, 0.5) is 5.69 Å². The van der Waals surface area contributed by atoms with Crippen LogP contribution in [0.5, 0.6) is 0 Å². The summed E-state index contributed by atoms with van der Waals surface area (Å²) < 4.78 is 0. The van der Waals surface area contributed by atoms with E-state index in [1.807, 2.05) is 31.2 Å². The lowest BCUT2D eigenvalue weighted by Gasteiger charge is -2.57. The molecule has 1 aromatic rings. The molecule has 118 valence electrons. The van der Waals surface area contributed by atoms with Crippen molar-refractivity contribution < 1.29 is 4.79 Å². The lowest BCUT2D eigenvalue weighted by Crippen LogP contribution is -2.59. The number of carbonyl (C=O) groups excluding carboxylic acids is 1. The second-order valence-corrected chi connectivity index (χ2v) is 7.91. The average Bonchev–Trinajstić information content (AvgIpc) is 2.46. The second kappa shape index (κ2) is 5.38. The van der Waals surface area contributed by atoms with Gasteiger partial charge in [-0.25, -0.2) is 0 Å². The van der Waals surface area contributed by atoms with Gasteiger partial charge in [0.15, 0.2) is 0 Å². The fraction of sp³-hybridized carbons (Fsp3) is 0.632. The zero-order valence-corrected chi connectivity index (χ0v) is 13.4. The number of anilines is 1. The van der Waals surface area contributed by atoms with Gasteiger partial charge in [-0.15, -0.1) is 0 Å². The molecule has 0 spiro atoms. The first kappa shape index (κ1) is 14.3. The molecule has 4 saturated carbocycles. The van der Waals surface area contributed by atoms with Gasteiger partial charge in [0.25, 0.3) is 0 Å². The fourth-order valence-electron chi connectivity index (χ4n) is 5.50. The first-order chi connectivity index (χ1) is 10.6. The number of nitrogens with one attached hydrogen (secondary N) is 2. The zero-order chi connectivity index (χ0) is 15.2. The van der Waals surface area contributed by atoms with E-state index in [2.05, 4.69) is 10.6 Å². The Labute approximate surface area is 132 Å². The molecule has 0 aromatic heterocycles. The first-order valence-electron chi connectivity index (χ1n) is 8.72. The Balaban J connectivity index is 1.37. The molecule has 1 aromatic carbocycles. The maximum Gasteiger partial charge on any atom is 0.238 e. The lowest BCUT2D eigenvalue weighted by atomic mass is 9.53. The first-order valence-corrected chi connectivity index (χ1v) is 8.72. The number of para-hydroxylation sites is 1. The number of hydrogen-bond acceptors (Lipinski definition) is 2. The van der Waals surface area contributed by atoms with Gasteiger partial charge in [0.2, 0.25) is 5.91 Å². The topological polar surface area (TPSA) is 41.1 Å². The summed E-state index contributed by atoms with van der Waals surface area (Å²) >= 11 is 0. The standard InChI is InChI=1S/C19H26N2O/c1-13-4-2-3-5-17(13)21-18(22)12-20-19-9-14-6-15(10-19)8-16(7-14)11-19/h2-5,14-16,20H,6-12H2,1H3,(H,21,22). The van der Waals surface area contributed by atoms with Crippen LogP contribution in [-0.2, 0) is 4.79 Å². The quantitative estimate of drug-likeness (QED) is 0.893. The Kier molecular flexibility index (Phi) is 3.48. The van der Waals surface area contributed by atoms with Crippen LogP contribution in [0.25, 0.3) is 0 Å². The third-order valence-corrected chi connectivity index (χ3v) is 6.08. The molecule has 4 aliphatic rings. The number of amides is 1. The Bertz CT molecular complexity index is 545. The SMILES string of the molecule is Cc1ccccc1NC(=O)CNC12CC3CC(CC(C3)C1)C2. The largest absolute Gasteiger partial charge is 0.325 e. The van der Waals surface area contributed by atoms with Gasteiger partial charge in [0.05, 0.1) is 6.54 Å². The third kappa shape index (κ3) is 2.67. The van der Waals surface area contributed by atoms with E-state index < -0.39 is 0 Å². The summed E-state index contributed by atoms with van der Waals surface area (Å²) in [6.07, 6.45) is 8.19. The van der Waals surface area contributed by atoms with E-state index in [9.17, 15) is 4.79 Å². The third-order valence-electron chi connectivity index (χ3n) is 6.08. The number of rotatable bonds is 4. The van der Waals surface area contributed by atoms with Gasteiger partial charge in [0, 0.05) is 11.2 Å². The van der Waals surface area contributed by atoms with Gasteiger partial charge in [-0.05, 0) is 74.8 Å². The van der Waals surface area contributed by atoms with Crippen molar-refractivity contribution in [2.24, 2.45) is 17.8 Å². The lowest BCUT2D eigenvalue weighted by molar-refractivity contribution is -0.116. The van der Waals surface area contributed by atoms with Gasteiger partial charge in [-0.2, -0.15) is 0 Å². The van der Waals surface area contributed by atoms with Crippen LogP contribution >= 0.6 is 0 Å². The minimum atomic E-state index is 0.0880. The molecule has 0 aliphatic heterocycles. The number of hydrogen-bond donors (Lipinski definition) is 2. The van der Waals surface area contributed by atoms with Crippen LogP contribution in [0.15, 0.2) is 24.3 Å². The molecule has 0 heterocycles. The summed E-state index contributed by atoms with van der Waals surface area (Å²) in [7, 11) is 0. The highest BCUT2D eigenvalue weighted by molar-refractivity contribution is 5.93. The van der Waals surface area contributed by atoms with E-state index >= 15 is 0 Å². The minimum Gasteiger partial charge on any atom is -0.325 e. The van der Waals surface area contributed by atoms with Crippen LogP contribution < -0.4 is 10.6 Å². The van der Waals surface area contributed by atoms with Crippen molar-refractivity contribution in [3.63, 3.8) is 0 Å². The molecular weight excluding hydrogens is 272 g/mol. The van der Waals surface area contributed by atoms with Gasteiger partial charge < -0.3 is 10.6 Å². The predicted molar refractivity (Wildman–Crippen MR) is 88.7 cm³/mol. The predicted octanol–water partition coefficient (Wildman–Crippen LogP) is 3.49. The van der Waals surface area contributed by atoms with Crippen molar-refractivity contribution in [2.45, 2.75) is 51.0 Å². The Morgan fingerprint density at radius 2 is 1.68 bits per heavy atom. The average molecular weight is 298 g/mol. The normalized spacial score (nSPS) is 35.6. The molecule has 3 heteroatoms. The highest BCUT2D eigenvalue weighted by atomic mass is 16.1. The number of aryl methyl sites for hydroxylation is 1. The molecule has 0 radical (unpaired) electrons. The van der Waals surface area contributed by atoms with Crippen molar-refractivity contribution in [1.29, 1.82) is 0 Å².